The van der Waals surface area contributed by atoms with Crippen LogP contribution in [-0.2, 0) is 11.3 Å². The van der Waals surface area contributed by atoms with Crippen LogP contribution in [0, 0.1) is 12.7 Å². The van der Waals surface area contributed by atoms with Gasteiger partial charge in [0, 0.05) is 6.54 Å². The monoisotopic (exact) mass is 412 g/mol. The number of ether oxygens (including phenoxy) is 1. The molecule has 0 spiro atoms. The van der Waals surface area contributed by atoms with Gasteiger partial charge < -0.3 is 15.4 Å². The minimum absolute atomic E-state index is 0.154. The lowest BCUT2D eigenvalue weighted by atomic mass is 10.2. The normalized spacial score (nSPS) is 10.4. The van der Waals surface area contributed by atoms with E-state index < -0.39 is 0 Å². The standard InChI is InChI=1S/C21H21FN4O2S/c1-14-3-8-18(28-2)17(11-14)24-20(27)13-29-21-10-9-19(25-26-21)23-12-15-4-6-16(22)7-5-15/h3-11H,12-13H2,1-2H3,(H,23,25)(H,24,27). The van der Waals surface area contributed by atoms with E-state index in [1.807, 2.05) is 25.1 Å². The van der Waals surface area contributed by atoms with Gasteiger partial charge in [0.15, 0.2) is 0 Å². The molecule has 1 heterocycles. The second-order valence-electron chi connectivity index (χ2n) is 6.28. The topological polar surface area (TPSA) is 76.1 Å². The van der Waals surface area contributed by atoms with Crippen molar-refractivity contribution in [2.45, 2.75) is 18.5 Å². The Morgan fingerprint density at radius 3 is 2.59 bits per heavy atom. The lowest BCUT2D eigenvalue weighted by Crippen LogP contribution is -2.15. The fourth-order valence-corrected chi connectivity index (χ4v) is 3.15. The number of halogens is 1. The van der Waals surface area contributed by atoms with Crippen molar-refractivity contribution in [2.75, 3.05) is 23.5 Å². The van der Waals surface area contributed by atoms with Gasteiger partial charge in [-0.3, -0.25) is 4.79 Å². The minimum Gasteiger partial charge on any atom is -0.495 e. The third kappa shape index (κ3) is 6.18. The number of carbonyl (C=O) groups is 1. The van der Waals surface area contributed by atoms with Crippen molar-refractivity contribution in [3.05, 3.63) is 71.5 Å². The van der Waals surface area contributed by atoms with E-state index in [2.05, 4.69) is 20.8 Å². The summed E-state index contributed by atoms with van der Waals surface area (Å²) in [4.78, 5) is 12.2. The summed E-state index contributed by atoms with van der Waals surface area (Å²) in [5, 5.41) is 14.8. The molecule has 0 aliphatic heterocycles. The van der Waals surface area contributed by atoms with Gasteiger partial charge in [0.05, 0.1) is 18.6 Å². The number of anilines is 2. The number of carbonyl (C=O) groups excluding carboxylic acids is 1. The predicted octanol–water partition coefficient (Wildman–Crippen LogP) is 4.28. The van der Waals surface area contributed by atoms with E-state index in [-0.39, 0.29) is 17.5 Å². The summed E-state index contributed by atoms with van der Waals surface area (Å²) in [6, 6.07) is 15.4. The molecule has 0 aliphatic rings. The van der Waals surface area contributed by atoms with Crippen molar-refractivity contribution < 1.29 is 13.9 Å². The Morgan fingerprint density at radius 2 is 1.90 bits per heavy atom. The van der Waals surface area contributed by atoms with E-state index in [0.29, 0.717) is 28.8 Å². The number of nitrogens with one attached hydrogen (secondary N) is 2. The number of hydrogen-bond acceptors (Lipinski definition) is 6. The number of benzene rings is 2. The maximum atomic E-state index is 12.9. The molecule has 2 N–H and O–H groups in total. The SMILES string of the molecule is COc1ccc(C)cc1NC(=O)CSc1ccc(NCc2ccc(F)cc2)nn1. The van der Waals surface area contributed by atoms with Crippen molar-refractivity contribution in [1.29, 1.82) is 0 Å². The third-order valence-corrected chi connectivity index (χ3v) is 4.93. The number of amides is 1. The van der Waals surface area contributed by atoms with E-state index in [1.165, 1.54) is 23.9 Å². The highest BCUT2D eigenvalue weighted by molar-refractivity contribution is 7.99. The highest BCUT2D eigenvalue weighted by atomic mass is 32.2. The average molecular weight is 412 g/mol. The lowest BCUT2D eigenvalue weighted by molar-refractivity contribution is -0.113. The molecule has 29 heavy (non-hydrogen) atoms. The van der Waals surface area contributed by atoms with E-state index in [0.717, 1.165) is 11.1 Å². The van der Waals surface area contributed by atoms with E-state index in [4.69, 9.17) is 4.74 Å². The molecule has 0 saturated carbocycles. The summed E-state index contributed by atoms with van der Waals surface area (Å²) in [6.07, 6.45) is 0. The molecular formula is C21H21FN4O2S. The highest BCUT2D eigenvalue weighted by Gasteiger charge is 2.09. The summed E-state index contributed by atoms with van der Waals surface area (Å²) >= 11 is 1.29. The smallest absolute Gasteiger partial charge is 0.234 e. The zero-order valence-corrected chi connectivity index (χ0v) is 16.9. The molecule has 0 aliphatic carbocycles. The van der Waals surface area contributed by atoms with Gasteiger partial charge in [-0.05, 0) is 54.4 Å². The number of thioether (sulfide) groups is 1. The molecule has 2 aromatic carbocycles. The Kier molecular flexibility index (Phi) is 7.02. The minimum atomic E-state index is -0.264. The zero-order chi connectivity index (χ0) is 20.6. The first-order valence-electron chi connectivity index (χ1n) is 8.93. The van der Waals surface area contributed by atoms with Crippen LogP contribution in [0.3, 0.4) is 0 Å². The molecule has 0 fully saturated rings. The predicted molar refractivity (Wildman–Crippen MR) is 113 cm³/mol. The molecule has 3 rings (SSSR count). The highest BCUT2D eigenvalue weighted by Crippen LogP contribution is 2.25. The van der Waals surface area contributed by atoms with Crippen molar-refractivity contribution >= 4 is 29.2 Å². The maximum absolute atomic E-state index is 12.9. The number of hydrogen-bond donors (Lipinski definition) is 2. The first-order valence-corrected chi connectivity index (χ1v) is 9.91. The number of aryl methyl sites for hydroxylation is 1. The summed E-state index contributed by atoms with van der Waals surface area (Å²) < 4.78 is 18.2. The average Bonchev–Trinajstić information content (AvgIpc) is 2.73. The van der Waals surface area contributed by atoms with E-state index in [9.17, 15) is 9.18 Å². The van der Waals surface area contributed by atoms with Crippen molar-refractivity contribution in [3.8, 4) is 5.75 Å². The quantitative estimate of drug-likeness (QED) is 0.538. The molecule has 3 aromatic rings. The van der Waals surface area contributed by atoms with E-state index >= 15 is 0 Å². The Bertz CT molecular complexity index is 965. The fraction of sp³-hybridized carbons (Fsp3) is 0.190. The first kappa shape index (κ1) is 20.6. The van der Waals surface area contributed by atoms with Crippen LogP contribution < -0.4 is 15.4 Å². The summed E-state index contributed by atoms with van der Waals surface area (Å²) in [7, 11) is 1.57. The van der Waals surface area contributed by atoms with E-state index in [1.54, 1.807) is 31.4 Å². The van der Waals surface area contributed by atoms with Crippen LogP contribution in [0.5, 0.6) is 5.75 Å². The molecule has 150 valence electrons. The van der Waals surface area contributed by atoms with Gasteiger partial charge in [-0.2, -0.15) is 0 Å². The summed E-state index contributed by atoms with van der Waals surface area (Å²) in [6.45, 7) is 2.47. The van der Waals surface area contributed by atoms with Gasteiger partial charge in [-0.1, -0.05) is 30.0 Å². The second-order valence-corrected chi connectivity index (χ2v) is 7.27. The fourth-order valence-electron chi connectivity index (χ4n) is 2.53. The van der Waals surface area contributed by atoms with Gasteiger partial charge >= 0.3 is 0 Å². The van der Waals surface area contributed by atoms with Crippen LogP contribution in [0.1, 0.15) is 11.1 Å². The zero-order valence-electron chi connectivity index (χ0n) is 16.1. The van der Waals surface area contributed by atoms with Crippen molar-refractivity contribution in [1.82, 2.24) is 10.2 Å². The van der Waals surface area contributed by atoms with Crippen LogP contribution in [0.15, 0.2) is 59.6 Å². The molecule has 0 saturated heterocycles. The van der Waals surface area contributed by atoms with Crippen molar-refractivity contribution in [3.63, 3.8) is 0 Å². The molecule has 0 bridgehead atoms. The number of methoxy groups -OCH3 is 1. The molecule has 1 amide bonds. The molecule has 6 nitrogen and oxygen atoms in total. The third-order valence-electron chi connectivity index (χ3n) is 4.01. The largest absolute Gasteiger partial charge is 0.495 e. The maximum Gasteiger partial charge on any atom is 0.234 e. The van der Waals surface area contributed by atoms with Gasteiger partial charge in [0.25, 0.3) is 0 Å². The number of nitrogens with zero attached hydrogens (tertiary/aromatic N) is 2. The van der Waals surface area contributed by atoms with Crippen LogP contribution in [0.4, 0.5) is 15.9 Å². The molecule has 1 aromatic heterocycles. The summed E-state index contributed by atoms with van der Waals surface area (Å²) in [5.74, 6) is 1.01. The Labute approximate surface area is 172 Å². The molecule has 8 heteroatoms. The first-order chi connectivity index (χ1) is 14.0. The van der Waals surface area contributed by atoms with Gasteiger partial charge in [-0.25, -0.2) is 4.39 Å². The lowest BCUT2D eigenvalue weighted by Gasteiger charge is -2.11. The Hall–Kier alpha value is -3.13. The van der Waals surface area contributed by atoms with Gasteiger partial charge in [-0.15, -0.1) is 10.2 Å². The molecule has 0 unspecified atom stereocenters. The molecule has 0 atom stereocenters. The Morgan fingerprint density at radius 1 is 1.10 bits per heavy atom. The number of aromatic nitrogens is 2. The summed E-state index contributed by atoms with van der Waals surface area (Å²) in [5.41, 5.74) is 2.61. The van der Waals surface area contributed by atoms with Gasteiger partial charge in [0.1, 0.15) is 22.4 Å². The Balaban J connectivity index is 1.49. The van der Waals surface area contributed by atoms with Crippen LogP contribution >= 0.6 is 11.8 Å². The van der Waals surface area contributed by atoms with Crippen LogP contribution in [0.25, 0.3) is 0 Å². The van der Waals surface area contributed by atoms with Crippen LogP contribution in [0.2, 0.25) is 0 Å². The van der Waals surface area contributed by atoms with Crippen molar-refractivity contribution in [2.24, 2.45) is 0 Å². The molecule has 0 radical (unpaired) electrons. The second kappa shape index (κ2) is 9.88. The molecular weight excluding hydrogens is 391 g/mol. The number of rotatable bonds is 8. The van der Waals surface area contributed by atoms with Gasteiger partial charge in [0.2, 0.25) is 5.91 Å². The van der Waals surface area contributed by atoms with Crippen LogP contribution in [-0.4, -0.2) is 29.0 Å².